The minimum absolute atomic E-state index is 0.662. The SMILES string of the molecule is CCc1cccc(NC[C@@H]2CCCN2)c1. The molecule has 82 valence electrons. The lowest BCUT2D eigenvalue weighted by Crippen LogP contribution is -2.29. The lowest BCUT2D eigenvalue weighted by molar-refractivity contribution is 0.633. The van der Waals surface area contributed by atoms with Gasteiger partial charge < -0.3 is 10.6 Å². The quantitative estimate of drug-likeness (QED) is 0.787. The van der Waals surface area contributed by atoms with Crippen molar-refractivity contribution in [2.45, 2.75) is 32.2 Å². The normalized spacial score (nSPS) is 20.5. The molecule has 1 saturated heterocycles. The Balaban J connectivity index is 1.86. The molecule has 0 aliphatic carbocycles. The molecule has 1 aromatic carbocycles. The van der Waals surface area contributed by atoms with Gasteiger partial charge in [-0.3, -0.25) is 0 Å². The molecular weight excluding hydrogens is 184 g/mol. The molecule has 1 aromatic rings. The van der Waals surface area contributed by atoms with Crippen molar-refractivity contribution in [3.05, 3.63) is 29.8 Å². The first-order valence-corrected chi connectivity index (χ1v) is 5.94. The summed E-state index contributed by atoms with van der Waals surface area (Å²) in [6.07, 6.45) is 3.74. The highest BCUT2D eigenvalue weighted by Crippen LogP contribution is 2.12. The summed E-state index contributed by atoms with van der Waals surface area (Å²) < 4.78 is 0. The molecule has 1 atom stereocenters. The molecule has 0 amide bonds. The summed E-state index contributed by atoms with van der Waals surface area (Å²) in [6.45, 7) is 4.42. The molecule has 1 heterocycles. The fourth-order valence-corrected chi connectivity index (χ4v) is 2.07. The topological polar surface area (TPSA) is 24.1 Å². The summed E-state index contributed by atoms with van der Waals surface area (Å²) in [7, 11) is 0. The van der Waals surface area contributed by atoms with Gasteiger partial charge >= 0.3 is 0 Å². The monoisotopic (exact) mass is 204 g/mol. The number of hydrogen-bond donors (Lipinski definition) is 2. The summed E-state index contributed by atoms with van der Waals surface area (Å²) in [4.78, 5) is 0. The summed E-state index contributed by atoms with van der Waals surface area (Å²) >= 11 is 0. The van der Waals surface area contributed by atoms with Crippen molar-refractivity contribution in [3.8, 4) is 0 Å². The molecule has 2 N–H and O–H groups in total. The van der Waals surface area contributed by atoms with Crippen LogP contribution in [-0.4, -0.2) is 19.1 Å². The van der Waals surface area contributed by atoms with E-state index in [2.05, 4.69) is 41.8 Å². The molecule has 2 nitrogen and oxygen atoms in total. The molecule has 1 aliphatic rings. The fraction of sp³-hybridized carbons (Fsp3) is 0.538. The highest BCUT2D eigenvalue weighted by atomic mass is 15.0. The Morgan fingerprint density at radius 2 is 2.40 bits per heavy atom. The van der Waals surface area contributed by atoms with Crippen LogP contribution in [0.4, 0.5) is 5.69 Å². The molecule has 0 radical (unpaired) electrons. The van der Waals surface area contributed by atoms with E-state index >= 15 is 0 Å². The van der Waals surface area contributed by atoms with Gasteiger partial charge in [0.1, 0.15) is 0 Å². The zero-order chi connectivity index (χ0) is 10.5. The van der Waals surface area contributed by atoms with E-state index in [1.807, 2.05) is 0 Å². The molecular formula is C13H20N2. The molecule has 0 bridgehead atoms. The third-order valence-electron chi connectivity index (χ3n) is 3.05. The molecule has 0 saturated carbocycles. The maximum absolute atomic E-state index is 3.50. The van der Waals surface area contributed by atoms with Gasteiger partial charge in [0.15, 0.2) is 0 Å². The summed E-state index contributed by atoms with van der Waals surface area (Å²) in [5, 5.41) is 6.99. The number of nitrogens with one attached hydrogen (secondary N) is 2. The molecule has 2 rings (SSSR count). The van der Waals surface area contributed by atoms with Crippen LogP contribution < -0.4 is 10.6 Å². The lowest BCUT2D eigenvalue weighted by atomic mass is 10.1. The maximum Gasteiger partial charge on any atom is 0.0343 e. The predicted octanol–water partition coefficient (Wildman–Crippen LogP) is 2.41. The first kappa shape index (κ1) is 10.5. The van der Waals surface area contributed by atoms with Crippen LogP contribution in [0.2, 0.25) is 0 Å². The number of aryl methyl sites for hydroxylation is 1. The van der Waals surface area contributed by atoms with Crippen LogP contribution in [-0.2, 0) is 6.42 Å². The highest BCUT2D eigenvalue weighted by Gasteiger charge is 2.12. The maximum atomic E-state index is 3.50. The lowest BCUT2D eigenvalue weighted by Gasteiger charge is -2.13. The van der Waals surface area contributed by atoms with Gasteiger partial charge in [0, 0.05) is 18.3 Å². The number of benzene rings is 1. The van der Waals surface area contributed by atoms with E-state index in [4.69, 9.17) is 0 Å². The Hall–Kier alpha value is -1.02. The number of rotatable bonds is 4. The van der Waals surface area contributed by atoms with E-state index < -0.39 is 0 Å². The van der Waals surface area contributed by atoms with Gasteiger partial charge in [-0.15, -0.1) is 0 Å². The van der Waals surface area contributed by atoms with Crippen molar-refractivity contribution in [2.24, 2.45) is 0 Å². The van der Waals surface area contributed by atoms with Gasteiger partial charge in [-0.05, 0) is 43.5 Å². The minimum Gasteiger partial charge on any atom is -0.383 e. The Labute approximate surface area is 92.1 Å². The zero-order valence-electron chi connectivity index (χ0n) is 9.42. The average molecular weight is 204 g/mol. The van der Waals surface area contributed by atoms with Crippen molar-refractivity contribution < 1.29 is 0 Å². The Morgan fingerprint density at radius 1 is 1.47 bits per heavy atom. The number of hydrogen-bond acceptors (Lipinski definition) is 2. The van der Waals surface area contributed by atoms with Gasteiger partial charge in [-0.1, -0.05) is 19.1 Å². The third kappa shape index (κ3) is 2.96. The molecule has 1 fully saturated rings. The Bertz CT molecular complexity index is 303. The average Bonchev–Trinajstić information content (AvgIpc) is 2.79. The van der Waals surface area contributed by atoms with Crippen LogP contribution in [0.3, 0.4) is 0 Å². The van der Waals surface area contributed by atoms with Crippen LogP contribution in [0.25, 0.3) is 0 Å². The van der Waals surface area contributed by atoms with E-state index in [9.17, 15) is 0 Å². The van der Waals surface area contributed by atoms with E-state index in [0.29, 0.717) is 6.04 Å². The first-order valence-electron chi connectivity index (χ1n) is 5.94. The molecule has 2 heteroatoms. The van der Waals surface area contributed by atoms with Gasteiger partial charge in [-0.2, -0.15) is 0 Å². The standard InChI is InChI=1S/C13H20N2/c1-2-11-5-3-6-12(9-11)15-10-13-7-4-8-14-13/h3,5-6,9,13-15H,2,4,7-8,10H2,1H3/t13-/m0/s1. The smallest absolute Gasteiger partial charge is 0.0343 e. The van der Waals surface area contributed by atoms with Crippen molar-refractivity contribution >= 4 is 5.69 Å². The highest BCUT2D eigenvalue weighted by molar-refractivity contribution is 5.45. The van der Waals surface area contributed by atoms with E-state index in [1.165, 1.54) is 30.6 Å². The van der Waals surface area contributed by atoms with Crippen molar-refractivity contribution in [3.63, 3.8) is 0 Å². The van der Waals surface area contributed by atoms with Crippen LogP contribution in [0.5, 0.6) is 0 Å². The summed E-state index contributed by atoms with van der Waals surface area (Å²) in [6, 6.07) is 9.36. The van der Waals surface area contributed by atoms with E-state index in [0.717, 1.165) is 13.0 Å². The number of anilines is 1. The molecule has 0 spiro atoms. The van der Waals surface area contributed by atoms with Crippen molar-refractivity contribution in [2.75, 3.05) is 18.4 Å². The molecule has 0 aromatic heterocycles. The van der Waals surface area contributed by atoms with Crippen LogP contribution >= 0.6 is 0 Å². The Morgan fingerprint density at radius 3 is 3.13 bits per heavy atom. The second-order valence-corrected chi connectivity index (χ2v) is 4.23. The minimum atomic E-state index is 0.662. The van der Waals surface area contributed by atoms with E-state index in [-0.39, 0.29) is 0 Å². The Kier molecular flexibility index (Phi) is 3.62. The zero-order valence-corrected chi connectivity index (χ0v) is 9.42. The summed E-state index contributed by atoms with van der Waals surface area (Å²) in [5.74, 6) is 0. The van der Waals surface area contributed by atoms with E-state index in [1.54, 1.807) is 0 Å². The fourth-order valence-electron chi connectivity index (χ4n) is 2.07. The van der Waals surface area contributed by atoms with Gasteiger partial charge in [-0.25, -0.2) is 0 Å². The first-order chi connectivity index (χ1) is 7.38. The van der Waals surface area contributed by atoms with Crippen LogP contribution in [0, 0.1) is 0 Å². The van der Waals surface area contributed by atoms with Crippen molar-refractivity contribution in [1.82, 2.24) is 5.32 Å². The predicted molar refractivity (Wildman–Crippen MR) is 65.3 cm³/mol. The molecule has 15 heavy (non-hydrogen) atoms. The largest absolute Gasteiger partial charge is 0.383 e. The second kappa shape index (κ2) is 5.17. The van der Waals surface area contributed by atoms with Crippen LogP contribution in [0.15, 0.2) is 24.3 Å². The van der Waals surface area contributed by atoms with Gasteiger partial charge in [0.2, 0.25) is 0 Å². The van der Waals surface area contributed by atoms with Crippen LogP contribution in [0.1, 0.15) is 25.3 Å². The van der Waals surface area contributed by atoms with Gasteiger partial charge in [0.05, 0.1) is 0 Å². The summed E-state index contributed by atoms with van der Waals surface area (Å²) in [5.41, 5.74) is 2.66. The van der Waals surface area contributed by atoms with Gasteiger partial charge in [0.25, 0.3) is 0 Å². The second-order valence-electron chi connectivity index (χ2n) is 4.23. The molecule has 0 unspecified atom stereocenters. The third-order valence-corrected chi connectivity index (χ3v) is 3.05. The molecule has 1 aliphatic heterocycles. The van der Waals surface area contributed by atoms with Crippen molar-refractivity contribution in [1.29, 1.82) is 0 Å².